The van der Waals surface area contributed by atoms with Crippen molar-refractivity contribution in [2.75, 3.05) is 6.67 Å². The van der Waals surface area contributed by atoms with E-state index in [0.29, 0.717) is 6.67 Å². The average molecular weight is 130 g/mol. The lowest BCUT2D eigenvalue weighted by atomic mass is 9.96. The molecule has 0 aliphatic heterocycles. The normalized spacial score (nSPS) is 12.0. The van der Waals surface area contributed by atoms with Gasteiger partial charge in [-0.25, -0.2) is 0 Å². The van der Waals surface area contributed by atoms with Crippen LogP contribution in [0.5, 0.6) is 0 Å². The standard InChI is InChI=1S/C7H18N2/c1-4-7(3,5-2)9-6-8/h9H,4-6,8H2,1-3H3. The highest BCUT2D eigenvalue weighted by atomic mass is 15.0. The molecule has 9 heavy (non-hydrogen) atoms. The minimum Gasteiger partial charge on any atom is -0.318 e. The lowest BCUT2D eigenvalue weighted by molar-refractivity contribution is 0.336. The Hall–Kier alpha value is -0.0800. The molecular weight excluding hydrogens is 112 g/mol. The fraction of sp³-hybridized carbons (Fsp3) is 1.00. The summed E-state index contributed by atoms with van der Waals surface area (Å²) in [6.45, 7) is 7.12. The van der Waals surface area contributed by atoms with Crippen molar-refractivity contribution < 1.29 is 0 Å². The van der Waals surface area contributed by atoms with Crippen LogP contribution in [0.3, 0.4) is 0 Å². The molecule has 0 rings (SSSR count). The SMILES string of the molecule is CCC(C)(CC)NCN. The first-order valence-electron chi connectivity index (χ1n) is 3.63. The highest BCUT2D eigenvalue weighted by Gasteiger charge is 2.16. The molecule has 0 heterocycles. The van der Waals surface area contributed by atoms with E-state index in [4.69, 9.17) is 5.73 Å². The van der Waals surface area contributed by atoms with E-state index in [-0.39, 0.29) is 5.54 Å². The second kappa shape index (κ2) is 3.85. The van der Waals surface area contributed by atoms with Crippen LogP contribution in [0.15, 0.2) is 0 Å². The van der Waals surface area contributed by atoms with Crippen LogP contribution in [0.25, 0.3) is 0 Å². The van der Waals surface area contributed by atoms with Gasteiger partial charge in [0.2, 0.25) is 0 Å². The molecule has 0 aliphatic rings. The van der Waals surface area contributed by atoms with E-state index in [2.05, 4.69) is 26.1 Å². The summed E-state index contributed by atoms with van der Waals surface area (Å²) in [5.41, 5.74) is 5.61. The van der Waals surface area contributed by atoms with Crippen LogP contribution in [0.4, 0.5) is 0 Å². The van der Waals surface area contributed by atoms with Gasteiger partial charge in [0.05, 0.1) is 0 Å². The monoisotopic (exact) mass is 130 g/mol. The van der Waals surface area contributed by atoms with Gasteiger partial charge in [0.15, 0.2) is 0 Å². The topological polar surface area (TPSA) is 38.0 Å². The van der Waals surface area contributed by atoms with Gasteiger partial charge in [-0.2, -0.15) is 0 Å². The first-order chi connectivity index (χ1) is 4.18. The largest absolute Gasteiger partial charge is 0.318 e. The quantitative estimate of drug-likeness (QED) is 0.559. The molecule has 0 saturated carbocycles. The van der Waals surface area contributed by atoms with Crippen LogP contribution in [-0.4, -0.2) is 12.2 Å². The van der Waals surface area contributed by atoms with Gasteiger partial charge < -0.3 is 5.73 Å². The van der Waals surface area contributed by atoms with Gasteiger partial charge in [-0.15, -0.1) is 0 Å². The average Bonchev–Trinajstić information content (AvgIpc) is 1.89. The van der Waals surface area contributed by atoms with Crippen molar-refractivity contribution in [1.29, 1.82) is 0 Å². The molecule has 0 amide bonds. The summed E-state index contributed by atoms with van der Waals surface area (Å²) in [4.78, 5) is 0. The zero-order chi connectivity index (χ0) is 7.33. The smallest absolute Gasteiger partial charge is 0.0433 e. The van der Waals surface area contributed by atoms with Crippen LogP contribution in [0, 0.1) is 0 Å². The Kier molecular flexibility index (Phi) is 3.82. The molecule has 2 nitrogen and oxygen atoms in total. The molecule has 0 aliphatic carbocycles. The highest BCUT2D eigenvalue weighted by Crippen LogP contribution is 2.11. The predicted octanol–water partition coefficient (Wildman–Crippen LogP) is 1.07. The zero-order valence-electron chi connectivity index (χ0n) is 6.70. The molecular formula is C7H18N2. The lowest BCUT2D eigenvalue weighted by Gasteiger charge is -2.27. The molecule has 56 valence electrons. The maximum Gasteiger partial charge on any atom is 0.0433 e. The Morgan fingerprint density at radius 3 is 1.89 bits per heavy atom. The first kappa shape index (κ1) is 8.92. The Morgan fingerprint density at radius 2 is 1.78 bits per heavy atom. The molecule has 2 heteroatoms. The summed E-state index contributed by atoms with van der Waals surface area (Å²) in [5.74, 6) is 0. The molecule has 0 spiro atoms. The van der Waals surface area contributed by atoms with Crippen LogP contribution in [0.1, 0.15) is 33.6 Å². The van der Waals surface area contributed by atoms with E-state index >= 15 is 0 Å². The fourth-order valence-corrected chi connectivity index (χ4v) is 0.746. The third kappa shape index (κ3) is 2.82. The number of nitrogens with two attached hydrogens (primary N) is 1. The van der Waals surface area contributed by atoms with Gasteiger partial charge in [0.1, 0.15) is 0 Å². The van der Waals surface area contributed by atoms with Crippen molar-refractivity contribution in [3.05, 3.63) is 0 Å². The predicted molar refractivity (Wildman–Crippen MR) is 41.2 cm³/mol. The molecule has 0 bridgehead atoms. The Labute approximate surface area is 57.8 Å². The van der Waals surface area contributed by atoms with Crippen molar-refractivity contribution in [2.24, 2.45) is 5.73 Å². The maximum atomic E-state index is 5.35. The summed E-state index contributed by atoms with van der Waals surface area (Å²) in [5, 5.41) is 3.24. The van der Waals surface area contributed by atoms with Crippen molar-refractivity contribution >= 4 is 0 Å². The molecule has 0 saturated heterocycles. The van der Waals surface area contributed by atoms with Gasteiger partial charge in [0, 0.05) is 12.2 Å². The third-order valence-corrected chi connectivity index (χ3v) is 2.09. The third-order valence-electron chi connectivity index (χ3n) is 2.09. The van der Waals surface area contributed by atoms with Crippen LogP contribution < -0.4 is 11.1 Å². The Morgan fingerprint density at radius 1 is 1.33 bits per heavy atom. The van der Waals surface area contributed by atoms with E-state index in [1.807, 2.05) is 0 Å². The number of hydrogen-bond donors (Lipinski definition) is 2. The molecule has 0 unspecified atom stereocenters. The minimum atomic E-state index is 0.259. The van der Waals surface area contributed by atoms with E-state index < -0.39 is 0 Å². The van der Waals surface area contributed by atoms with Gasteiger partial charge in [-0.05, 0) is 19.8 Å². The lowest BCUT2D eigenvalue weighted by Crippen LogP contribution is -2.44. The van der Waals surface area contributed by atoms with Crippen molar-refractivity contribution in [2.45, 2.75) is 39.2 Å². The molecule has 0 aromatic heterocycles. The van der Waals surface area contributed by atoms with Crippen LogP contribution >= 0.6 is 0 Å². The fourth-order valence-electron chi connectivity index (χ4n) is 0.746. The molecule has 0 atom stereocenters. The number of nitrogens with one attached hydrogen (secondary N) is 1. The van der Waals surface area contributed by atoms with E-state index in [9.17, 15) is 0 Å². The Bertz CT molecular complexity index is 67.3. The Balaban J connectivity index is 3.62. The summed E-state index contributed by atoms with van der Waals surface area (Å²) < 4.78 is 0. The van der Waals surface area contributed by atoms with Gasteiger partial charge in [0.25, 0.3) is 0 Å². The first-order valence-corrected chi connectivity index (χ1v) is 3.63. The summed E-state index contributed by atoms with van der Waals surface area (Å²) in [6.07, 6.45) is 2.28. The van der Waals surface area contributed by atoms with Gasteiger partial charge in [-0.3, -0.25) is 5.32 Å². The van der Waals surface area contributed by atoms with E-state index in [0.717, 1.165) is 12.8 Å². The minimum absolute atomic E-state index is 0.259. The zero-order valence-corrected chi connectivity index (χ0v) is 6.70. The number of hydrogen-bond acceptors (Lipinski definition) is 2. The van der Waals surface area contributed by atoms with Crippen molar-refractivity contribution in [1.82, 2.24) is 5.32 Å². The highest BCUT2D eigenvalue weighted by molar-refractivity contribution is 4.77. The van der Waals surface area contributed by atoms with Crippen molar-refractivity contribution in [3.63, 3.8) is 0 Å². The van der Waals surface area contributed by atoms with Crippen molar-refractivity contribution in [3.8, 4) is 0 Å². The van der Waals surface area contributed by atoms with Crippen LogP contribution in [-0.2, 0) is 0 Å². The van der Waals surface area contributed by atoms with Gasteiger partial charge in [-0.1, -0.05) is 13.8 Å². The molecule has 0 radical (unpaired) electrons. The van der Waals surface area contributed by atoms with Gasteiger partial charge >= 0.3 is 0 Å². The molecule has 3 N–H and O–H groups in total. The number of rotatable bonds is 4. The van der Waals surface area contributed by atoms with Crippen LogP contribution in [0.2, 0.25) is 0 Å². The van der Waals surface area contributed by atoms with E-state index in [1.165, 1.54) is 0 Å². The molecule has 0 aromatic rings. The maximum absolute atomic E-state index is 5.35. The summed E-state index contributed by atoms with van der Waals surface area (Å²) in [6, 6.07) is 0. The second-order valence-electron chi connectivity index (χ2n) is 2.65. The summed E-state index contributed by atoms with van der Waals surface area (Å²) in [7, 11) is 0. The van der Waals surface area contributed by atoms with E-state index in [1.54, 1.807) is 0 Å². The second-order valence-corrected chi connectivity index (χ2v) is 2.65. The molecule has 0 fully saturated rings. The molecule has 0 aromatic carbocycles. The summed E-state index contributed by atoms with van der Waals surface area (Å²) >= 11 is 0.